The lowest BCUT2D eigenvalue weighted by atomic mass is 9.87. The standard InChI is InChI=1S/C12H19ClN4O2S/c1-8-4-2-3-5-11(8)17-20(18,19)9-6-10(13)12(16-14)15-7-9/h6-8,11,17H,2-5,14H2,1H3,(H,15,16). The second kappa shape index (κ2) is 6.26. The van der Waals surface area contributed by atoms with Crippen LogP contribution >= 0.6 is 11.6 Å². The van der Waals surface area contributed by atoms with Crippen molar-refractivity contribution in [2.24, 2.45) is 11.8 Å². The summed E-state index contributed by atoms with van der Waals surface area (Å²) in [7, 11) is -3.61. The molecule has 20 heavy (non-hydrogen) atoms. The van der Waals surface area contributed by atoms with E-state index in [1.54, 1.807) is 0 Å². The van der Waals surface area contributed by atoms with E-state index in [1.165, 1.54) is 12.3 Å². The molecular weight excluding hydrogens is 300 g/mol. The number of pyridine rings is 1. The van der Waals surface area contributed by atoms with E-state index >= 15 is 0 Å². The largest absolute Gasteiger partial charge is 0.307 e. The number of nitrogens with one attached hydrogen (secondary N) is 2. The average Bonchev–Trinajstić information content (AvgIpc) is 2.41. The Balaban J connectivity index is 2.19. The van der Waals surface area contributed by atoms with Crippen LogP contribution in [0.5, 0.6) is 0 Å². The van der Waals surface area contributed by atoms with Gasteiger partial charge in [0.15, 0.2) is 5.82 Å². The zero-order chi connectivity index (χ0) is 14.8. The molecule has 2 unspecified atom stereocenters. The van der Waals surface area contributed by atoms with Crippen LogP contribution in [-0.4, -0.2) is 19.4 Å². The van der Waals surface area contributed by atoms with Crippen molar-refractivity contribution < 1.29 is 8.42 Å². The fourth-order valence-electron chi connectivity index (χ4n) is 2.43. The molecule has 1 aliphatic rings. The Morgan fingerprint density at radius 3 is 2.70 bits per heavy atom. The first kappa shape index (κ1) is 15.5. The maximum atomic E-state index is 12.3. The lowest BCUT2D eigenvalue weighted by Crippen LogP contribution is -2.41. The van der Waals surface area contributed by atoms with Crippen LogP contribution in [0.1, 0.15) is 32.6 Å². The maximum absolute atomic E-state index is 12.3. The van der Waals surface area contributed by atoms with Crippen molar-refractivity contribution in [3.05, 3.63) is 17.3 Å². The van der Waals surface area contributed by atoms with Gasteiger partial charge in [-0.15, -0.1) is 0 Å². The van der Waals surface area contributed by atoms with E-state index in [-0.39, 0.29) is 21.8 Å². The lowest BCUT2D eigenvalue weighted by Gasteiger charge is -2.29. The van der Waals surface area contributed by atoms with E-state index in [0.717, 1.165) is 25.7 Å². The second-order valence-electron chi connectivity index (χ2n) is 5.14. The summed E-state index contributed by atoms with van der Waals surface area (Å²) < 4.78 is 27.4. The van der Waals surface area contributed by atoms with Crippen molar-refractivity contribution in [2.75, 3.05) is 5.43 Å². The van der Waals surface area contributed by atoms with Crippen molar-refractivity contribution in [3.8, 4) is 0 Å². The first-order valence-electron chi connectivity index (χ1n) is 6.58. The van der Waals surface area contributed by atoms with Gasteiger partial charge in [-0.3, -0.25) is 0 Å². The quantitative estimate of drug-likeness (QED) is 0.581. The van der Waals surface area contributed by atoms with E-state index in [0.29, 0.717) is 5.92 Å². The Morgan fingerprint density at radius 2 is 2.10 bits per heavy atom. The number of hydrazine groups is 1. The van der Waals surface area contributed by atoms with Crippen LogP contribution in [0.2, 0.25) is 5.02 Å². The first-order chi connectivity index (χ1) is 9.44. The topological polar surface area (TPSA) is 97.1 Å². The number of sulfonamides is 1. The first-order valence-corrected chi connectivity index (χ1v) is 8.44. The van der Waals surface area contributed by atoms with Crippen LogP contribution < -0.4 is 16.0 Å². The van der Waals surface area contributed by atoms with Crippen LogP contribution in [0.15, 0.2) is 17.2 Å². The summed E-state index contributed by atoms with van der Waals surface area (Å²) in [6.07, 6.45) is 5.36. The summed E-state index contributed by atoms with van der Waals surface area (Å²) >= 11 is 5.91. The molecule has 0 aromatic carbocycles. The van der Waals surface area contributed by atoms with Crippen LogP contribution in [0, 0.1) is 5.92 Å². The number of hydrogen-bond donors (Lipinski definition) is 3. The number of anilines is 1. The van der Waals surface area contributed by atoms with E-state index in [4.69, 9.17) is 17.4 Å². The van der Waals surface area contributed by atoms with Gasteiger partial charge in [0.25, 0.3) is 0 Å². The van der Waals surface area contributed by atoms with E-state index in [9.17, 15) is 8.42 Å². The number of nitrogens with zero attached hydrogens (tertiary/aromatic N) is 1. The molecule has 112 valence electrons. The molecule has 2 rings (SSSR count). The zero-order valence-electron chi connectivity index (χ0n) is 11.3. The molecule has 2 atom stereocenters. The summed E-state index contributed by atoms with van der Waals surface area (Å²) in [4.78, 5) is 3.94. The summed E-state index contributed by atoms with van der Waals surface area (Å²) in [6, 6.07) is 1.32. The normalized spacial score (nSPS) is 23.6. The van der Waals surface area contributed by atoms with Crippen LogP contribution in [-0.2, 0) is 10.0 Å². The molecule has 0 amide bonds. The van der Waals surface area contributed by atoms with Gasteiger partial charge in [-0.2, -0.15) is 0 Å². The van der Waals surface area contributed by atoms with Crippen molar-refractivity contribution in [1.82, 2.24) is 9.71 Å². The van der Waals surface area contributed by atoms with Crippen molar-refractivity contribution in [2.45, 2.75) is 43.5 Å². The third-order valence-corrected chi connectivity index (χ3v) is 5.43. The molecule has 6 nitrogen and oxygen atoms in total. The van der Waals surface area contributed by atoms with Crippen LogP contribution in [0.4, 0.5) is 5.82 Å². The maximum Gasteiger partial charge on any atom is 0.242 e. The van der Waals surface area contributed by atoms with Gasteiger partial charge in [0.2, 0.25) is 10.0 Å². The number of nitrogens with two attached hydrogens (primary N) is 1. The van der Waals surface area contributed by atoms with Crippen molar-refractivity contribution in [3.63, 3.8) is 0 Å². The van der Waals surface area contributed by atoms with E-state index in [1.807, 2.05) is 0 Å². The van der Waals surface area contributed by atoms with Gasteiger partial charge < -0.3 is 5.43 Å². The molecule has 0 bridgehead atoms. The molecule has 1 heterocycles. The second-order valence-corrected chi connectivity index (χ2v) is 7.26. The molecule has 1 fully saturated rings. The monoisotopic (exact) mass is 318 g/mol. The lowest BCUT2D eigenvalue weighted by molar-refractivity contribution is 0.310. The molecule has 0 spiro atoms. The predicted octanol–water partition coefficient (Wildman–Crippen LogP) is 1.88. The summed E-state index contributed by atoms with van der Waals surface area (Å²) in [5.41, 5.74) is 2.30. The highest BCUT2D eigenvalue weighted by Gasteiger charge is 2.27. The van der Waals surface area contributed by atoms with E-state index < -0.39 is 10.0 Å². The minimum Gasteiger partial charge on any atom is -0.307 e. The molecular formula is C12H19ClN4O2S. The van der Waals surface area contributed by atoms with Gasteiger partial charge in [0.1, 0.15) is 4.90 Å². The number of aromatic nitrogens is 1. The fraction of sp³-hybridized carbons (Fsp3) is 0.583. The van der Waals surface area contributed by atoms with E-state index in [2.05, 4.69) is 22.1 Å². The fourth-order valence-corrected chi connectivity index (χ4v) is 4.07. The van der Waals surface area contributed by atoms with Gasteiger partial charge in [0, 0.05) is 12.2 Å². The number of rotatable bonds is 4. The summed E-state index contributed by atoms with van der Waals surface area (Å²) in [5, 5.41) is 0.173. The molecule has 1 aromatic heterocycles. The van der Waals surface area contributed by atoms with Crippen LogP contribution in [0.3, 0.4) is 0 Å². The summed E-state index contributed by atoms with van der Waals surface area (Å²) in [5.74, 6) is 5.80. The Bertz CT molecular complexity index is 579. The number of nitrogen functional groups attached to an aromatic ring is 1. The van der Waals surface area contributed by atoms with Gasteiger partial charge in [-0.25, -0.2) is 24.0 Å². The van der Waals surface area contributed by atoms with Gasteiger partial charge in [0.05, 0.1) is 5.02 Å². The molecule has 0 radical (unpaired) electrons. The smallest absolute Gasteiger partial charge is 0.242 e. The Morgan fingerprint density at radius 1 is 1.40 bits per heavy atom. The molecule has 0 aliphatic heterocycles. The highest BCUT2D eigenvalue weighted by atomic mass is 35.5. The van der Waals surface area contributed by atoms with Gasteiger partial charge in [-0.1, -0.05) is 31.4 Å². The molecule has 1 aliphatic carbocycles. The van der Waals surface area contributed by atoms with Gasteiger partial charge >= 0.3 is 0 Å². The minimum atomic E-state index is -3.61. The SMILES string of the molecule is CC1CCCCC1NS(=O)(=O)c1cnc(NN)c(Cl)c1. The molecule has 0 saturated heterocycles. The highest BCUT2D eigenvalue weighted by Crippen LogP contribution is 2.26. The Labute approximate surface area is 124 Å². The predicted molar refractivity (Wildman–Crippen MR) is 78.8 cm³/mol. The zero-order valence-corrected chi connectivity index (χ0v) is 12.8. The summed E-state index contributed by atoms with van der Waals surface area (Å²) in [6.45, 7) is 2.07. The van der Waals surface area contributed by atoms with Crippen LogP contribution in [0.25, 0.3) is 0 Å². The third kappa shape index (κ3) is 3.41. The average molecular weight is 319 g/mol. The molecule has 1 aromatic rings. The Hall–Kier alpha value is -0.890. The highest BCUT2D eigenvalue weighted by molar-refractivity contribution is 7.89. The number of hydrogen-bond acceptors (Lipinski definition) is 5. The molecule has 4 N–H and O–H groups in total. The molecule has 1 saturated carbocycles. The Kier molecular flexibility index (Phi) is 4.85. The van der Waals surface area contributed by atoms with Crippen molar-refractivity contribution in [1.29, 1.82) is 0 Å². The third-order valence-electron chi connectivity index (χ3n) is 3.68. The number of halogens is 1. The molecule has 8 heteroatoms. The van der Waals surface area contributed by atoms with Gasteiger partial charge in [-0.05, 0) is 24.8 Å². The minimum absolute atomic E-state index is 0.0279. The van der Waals surface area contributed by atoms with Crippen molar-refractivity contribution >= 4 is 27.4 Å².